The maximum absolute atomic E-state index is 9.75. The van der Waals surface area contributed by atoms with Crippen LogP contribution >= 0.6 is 0 Å². The van der Waals surface area contributed by atoms with Crippen molar-refractivity contribution < 1.29 is 105 Å². The van der Waals surface area contributed by atoms with E-state index in [2.05, 4.69) is 19.4 Å². The third kappa shape index (κ3) is 313. The fourth-order valence-corrected chi connectivity index (χ4v) is 0.773. The second kappa shape index (κ2) is 30.8. The zero-order valence-electron chi connectivity index (χ0n) is 17.9. The summed E-state index contributed by atoms with van der Waals surface area (Å²) in [4.78, 5) is 24.0. The molecule has 1 rings (SSSR count). The first-order chi connectivity index (χ1) is 15.3. The molecule has 0 N–H and O–H groups in total. The predicted octanol–water partition coefficient (Wildman–Crippen LogP) is 6.71. The van der Waals surface area contributed by atoms with Crippen LogP contribution in [0.4, 0.5) is 69.1 Å². The minimum atomic E-state index is -6.00. The molecule has 0 saturated heterocycles. The Morgan fingerprint density at radius 2 is 0.806 bits per heavy atom. The van der Waals surface area contributed by atoms with E-state index in [0.717, 1.165) is 12.2 Å². The maximum atomic E-state index is 9.75. The minimum Gasteiger partial charge on any atom is -0.465 e. The Hall–Kier alpha value is -2.18. The average molecular weight is 616 g/mol. The molecule has 0 aromatic rings. The standard InChI is InChI=1S/C8H11O.3CH2O.4BF4.Fe/c1-7-3-5-8(9-2)6-4-7;3*1-2;4*2-1(3,4)5;/h3,5-6H,4H2,1-2H3;3*1H2;;;;;/q+1;;;;4*-1;+3. The molecule has 0 unspecified atom stereocenters. The van der Waals surface area contributed by atoms with Crippen molar-refractivity contribution in [2.75, 3.05) is 7.11 Å². The molecule has 0 fully saturated rings. The number of methoxy groups -OCH3 is 1. The molecule has 1 aliphatic rings. The molecule has 0 bridgehead atoms. The molecule has 36 heavy (non-hydrogen) atoms. The Bertz CT molecular complexity index is 449. The van der Waals surface area contributed by atoms with Crippen molar-refractivity contribution in [3.8, 4) is 0 Å². The van der Waals surface area contributed by atoms with Crippen LogP contribution in [0.3, 0.4) is 0 Å². The first-order valence-electron chi connectivity index (χ1n) is 7.43. The summed E-state index contributed by atoms with van der Waals surface area (Å²) in [6.07, 6.45) is 7.17. The summed E-state index contributed by atoms with van der Waals surface area (Å²) in [5.41, 5.74) is 1.39. The maximum Gasteiger partial charge on any atom is 3.00 e. The molecule has 0 aromatic heterocycles. The summed E-state index contributed by atoms with van der Waals surface area (Å²) in [6.45, 7) is 8.11. The van der Waals surface area contributed by atoms with E-state index < -0.39 is 29.0 Å². The van der Waals surface area contributed by atoms with Crippen molar-refractivity contribution in [1.82, 2.24) is 0 Å². The molecular weight excluding hydrogens is 599 g/mol. The molecular formula is C11H17B4F16FeO4. The number of ether oxygens (including phenoxy) is 1. The molecule has 0 atom stereocenters. The number of carbonyl (C=O) groups excluding carboxylic acids is 3. The van der Waals surface area contributed by atoms with Crippen LogP contribution in [0.1, 0.15) is 13.3 Å². The van der Waals surface area contributed by atoms with Crippen molar-refractivity contribution >= 4 is 49.4 Å². The van der Waals surface area contributed by atoms with Crippen LogP contribution < -0.4 is 0 Å². The number of hydrogen-bond donors (Lipinski definition) is 0. The summed E-state index contributed by atoms with van der Waals surface area (Å²) >= 11 is 0. The second-order valence-corrected chi connectivity index (χ2v) is 4.17. The molecule has 217 valence electrons. The summed E-state index contributed by atoms with van der Waals surface area (Å²) < 4.78 is 161. The zero-order chi connectivity index (χ0) is 30.7. The van der Waals surface area contributed by atoms with Crippen LogP contribution in [0, 0.1) is 6.42 Å². The van der Waals surface area contributed by atoms with Gasteiger partial charge in [-0.3, -0.25) is 0 Å². The molecule has 0 spiro atoms. The van der Waals surface area contributed by atoms with Crippen LogP contribution in [0.25, 0.3) is 0 Å². The first kappa shape index (κ1) is 54.6. The third-order valence-corrected chi connectivity index (χ3v) is 1.39. The average Bonchev–Trinajstić information content (AvgIpc) is 2.62. The minimum absolute atomic E-state index is 0. The van der Waals surface area contributed by atoms with E-state index in [0.29, 0.717) is 0 Å². The Labute approximate surface area is 205 Å². The van der Waals surface area contributed by atoms with Gasteiger partial charge in [-0.2, -0.15) is 0 Å². The van der Waals surface area contributed by atoms with Gasteiger partial charge < -0.3 is 88.2 Å². The molecule has 1 radical (unpaired) electrons. The van der Waals surface area contributed by atoms with E-state index in [9.17, 15) is 69.1 Å². The zero-order valence-corrected chi connectivity index (χ0v) is 19.0. The van der Waals surface area contributed by atoms with Gasteiger partial charge in [0.25, 0.3) is 5.76 Å². The number of halogens is 16. The molecule has 25 heteroatoms. The first-order valence-corrected chi connectivity index (χ1v) is 7.43. The van der Waals surface area contributed by atoms with Crippen molar-refractivity contribution in [3.63, 3.8) is 0 Å². The molecule has 1 aliphatic carbocycles. The van der Waals surface area contributed by atoms with Gasteiger partial charge >= 0.3 is 46.1 Å². The molecule has 0 saturated carbocycles. The molecule has 0 heterocycles. The fourth-order valence-electron chi connectivity index (χ4n) is 0.773. The Morgan fingerprint density at radius 1 is 0.611 bits per heavy atom. The van der Waals surface area contributed by atoms with Gasteiger partial charge in [-0.25, -0.2) is 0 Å². The van der Waals surface area contributed by atoms with E-state index in [1.54, 1.807) is 7.11 Å². The number of rotatable bonds is 1. The molecule has 0 amide bonds. The molecule has 4 nitrogen and oxygen atoms in total. The smallest absolute Gasteiger partial charge is 0.465 e. The molecule has 0 aromatic carbocycles. The van der Waals surface area contributed by atoms with Crippen LogP contribution in [0.5, 0.6) is 0 Å². The normalized spacial score (nSPS) is 11.4. The second-order valence-electron chi connectivity index (χ2n) is 4.17. The van der Waals surface area contributed by atoms with Crippen LogP contribution in [-0.4, -0.2) is 56.5 Å². The summed E-state index contributed by atoms with van der Waals surface area (Å²) in [7, 11) is -22.3. The van der Waals surface area contributed by atoms with Crippen molar-refractivity contribution in [1.29, 1.82) is 0 Å². The molecule has 0 aliphatic heterocycles. The van der Waals surface area contributed by atoms with Crippen LogP contribution in [0.15, 0.2) is 23.5 Å². The van der Waals surface area contributed by atoms with Gasteiger partial charge in [-0.05, 0) is 12.5 Å². The fraction of sp³-hybridized carbons (Fsp3) is 0.273. The number of carbonyl (C=O) groups is 3. The van der Waals surface area contributed by atoms with E-state index in [1.807, 2.05) is 26.4 Å². The van der Waals surface area contributed by atoms with Crippen LogP contribution in [-0.2, 0) is 36.2 Å². The Balaban J connectivity index is -0.0000000438. The Morgan fingerprint density at radius 3 is 0.917 bits per heavy atom. The van der Waals surface area contributed by atoms with Gasteiger partial charge in [-0.15, -0.1) is 0 Å². The number of hydrogen-bond acceptors (Lipinski definition) is 4. The van der Waals surface area contributed by atoms with Gasteiger partial charge in [0.2, 0.25) is 0 Å². The predicted molar refractivity (Wildman–Crippen MR) is 99.9 cm³/mol. The van der Waals surface area contributed by atoms with E-state index >= 15 is 0 Å². The van der Waals surface area contributed by atoms with Crippen LogP contribution in [0.2, 0.25) is 0 Å². The van der Waals surface area contributed by atoms with Gasteiger partial charge in [-0.1, -0.05) is 0 Å². The third-order valence-electron chi connectivity index (χ3n) is 1.39. The van der Waals surface area contributed by atoms with Crippen molar-refractivity contribution in [3.05, 3.63) is 29.9 Å². The summed E-state index contributed by atoms with van der Waals surface area (Å²) in [5.74, 6) is 0.973. The monoisotopic (exact) mass is 617 g/mol. The van der Waals surface area contributed by atoms with Crippen molar-refractivity contribution in [2.24, 2.45) is 0 Å². The van der Waals surface area contributed by atoms with Gasteiger partial charge in [0.15, 0.2) is 0 Å². The quantitative estimate of drug-likeness (QED) is 0.187. The number of allylic oxidation sites excluding steroid dienone is 4. The Kier molecular flexibility index (Phi) is 46.8. The van der Waals surface area contributed by atoms with Gasteiger partial charge in [0, 0.05) is 6.08 Å². The summed E-state index contributed by atoms with van der Waals surface area (Å²) in [5, 5.41) is 0. The van der Waals surface area contributed by atoms with Gasteiger partial charge in [0.1, 0.15) is 26.4 Å². The largest absolute Gasteiger partial charge is 3.00 e. The summed E-state index contributed by atoms with van der Waals surface area (Å²) in [6, 6.07) is 0. The van der Waals surface area contributed by atoms with Gasteiger partial charge in [0.05, 0.1) is 20.0 Å². The van der Waals surface area contributed by atoms with Crippen molar-refractivity contribution in [2.45, 2.75) is 13.3 Å². The topological polar surface area (TPSA) is 60.4 Å². The van der Waals surface area contributed by atoms with E-state index in [4.69, 9.17) is 19.1 Å². The van der Waals surface area contributed by atoms with E-state index in [1.165, 1.54) is 5.57 Å². The SMILES string of the molecule is C=O.C=O.C=O.COC1=CC=C(C)C[CH+]1.F[B-](F)(F)F.F[B-](F)(F)F.F[B-](F)(F)F.F[B-](F)(F)F.[Fe+3]. The van der Waals surface area contributed by atoms with E-state index in [-0.39, 0.29) is 17.1 Å².